The number of halogens is 12. The Morgan fingerprint density at radius 3 is 2.12 bits per heavy atom. The second kappa shape index (κ2) is 12.7. The Balaban J connectivity index is 2.48. The van der Waals surface area contributed by atoms with Crippen molar-refractivity contribution in [3.63, 3.8) is 0 Å². The minimum atomic E-state index is -5.34. The molecular formula is C25H18Cl2F10N2O2. The number of alkyl halides is 9. The molecule has 0 radical (unpaired) electrons. The van der Waals surface area contributed by atoms with Crippen LogP contribution in [0, 0.1) is 0 Å². The highest BCUT2D eigenvalue weighted by atomic mass is 35.5. The molecule has 0 heterocycles. The molecule has 0 aliphatic rings. The SMILES string of the molecule is C=Cc1cc(C(/C=C(\F)c2ccc(C(=O)NC(C)C(=O)NCC(F)(F)F)c(C(F)(F)F)c2)C(F)(F)F)cc(Cl)c1Cl. The average Bonchev–Trinajstić information content (AvgIpc) is 2.85. The van der Waals surface area contributed by atoms with Gasteiger partial charge in [-0.15, -0.1) is 0 Å². The Labute approximate surface area is 236 Å². The molecule has 224 valence electrons. The average molecular weight is 639 g/mol. The summed E-state index contributed by atoms with van der Waals surface area (Å²) in [7, 11) is 0. The monoisotopic (exact) mass is 638 g/mol. The lowest BCUT2D eigenvalue weighted by Crippen LogP contribution is -2.47. The molecule has 4 nitrogen and oxygen atoms in total. The van der Waals surface area contributed by atoms with E-state index in [1.807, 2.05) is 0 Å². The van der Waals surface area contributed by atoms with E-state index in [1.165, 1.54) is 5.32 Å². The molecule has 2 aromatic rings. The fourth-order valence-electron chi connectivity index (χ4n) is 3.39. The van der Waals surface area contributed by atoms with E-state index in [-0.39, 0.29) is 27.8 Å². The van der Waals surface area contributed by atoms with E-state index in [4.69, 9.17) is 23.2 Å². The largest absolute Gasteiger partial charge is 0.417 e. The predicted molar refractivity (Wildman–Crippen MR) is 132 cm³/mol. The van der Waals surface area contributed by atoms with Crippen molar-refractivity contribution in [2.45, 2.75) is 37.4 Å². The molecule has 0 spiro atoms. The van der Waals surface area contributed by atoms with Gasteiger partial charge in [0.25, 0.3) is 5.91 Å². The van der Waals surface area contributed by atoms with Gasteiger partial charge in [0, 0.05) is 5.56 Å². The summed E-state index contributed by atoms with van der Waals surface area (Å²) in [6.07, 6.45) is -14.2. The van der Waals surface area contributed by atoms with Crippen molar-refractivity contribution in [2.75, 3.05) is 6.54 Å². The topological polar surface area (TPSA) is 58.2 Å². The smallest absolute Gasteiger partial charge is 0.345 e. The zero-order chi connectivity index (χ0) is 31.5. The lowest BCUT2D eigenvalue weighted by Gasteiger charge is -2.20. The van der Waals surface area contributed by atoms with Crippen molar-refractivity contribution in [1.82, 2.24) is 10.6 Å². The van der Waals surface area contributed by atoms with Gasteiger partial charge in [-0.2, -0.15) is 39.5 Å². The van der Waals surface area contributed by atoms with Crippen molar-refractivity contribution >= 4 is 46.9 Å². The molecule has 0 saturated heterocycles. The molecule has 2 aromatic carbocycles. The van der Waals surface area contributed by atoms with E-state index in [9.17, 15) is 49.1 Å². The van der Waals surface area contributed by atoms with E-state index >= 15 is 4.39 Å². The first-order chi connectivity index (χ1) is 18.7. The number of allylic oxidation sites excluding steroid dienone is 1. The van der Waals surface area contributed by atoms with E-state index in [1.54, 1.807) is 5.32 Å². The quantitative estimate of drug-likeness (QED) is 0.287. The summed E-state index contributed by atoms with van der Waals surface area (Å²) in [5.41, 5.74) is -4.55. The van der Waals surface area contributed by atoms with E-state index in [0.29, 0.717) is 12.1 Å². The van der Waals surface area contributed by atoms with Crippen LogP contribution in [0.25, 0.3) is 11.9 Å². The maximum atomic E-state index is 15.0. The summed E-state index contributed by atoms with van der Waals surface area (Å²) in [5, 5.41) is 2.76. The van der Waals surface area contributed by atoms with Crippen LogP contribution in [0.1, 0.15) is 45.5 Å². The van der Waals surface area contributed by atoms with Gasteiger partial charge in [0.05, 0.1) is 21.2 Å². The fourth-order valence-corrected chi connectivity index (χ4v) is 3.81. The standard InChI is InChI=1S/C25H18Cl2F10N2O2/c1-3-12-6-14(8-18(26)20(12)27)16(24(32,33)34)9-19(28)13-4-5-15(17(7-13)25(35,36)37)22(41)39-11(2)21(40)38-10-23(29,30)31/h3-9,11,16H,1,10H2,2H3,(H,38,40)(H,39,41)/b19-9-. The Morgan fingerprint density at radius 1 is 1.00 bits per heavy atom. The van der Waals surface area contributed by atoms with Crippen molar-refractivity contribution in [2.24, 2.45) is 0 Å². The second-order valence-electron chi connectivity index (χ2n) is 8.43. The minimum Gasteiger partial charge on any atom is -0.345 e. The molecule has 2 amide bonds. The number of nitrogens with one attached hydrogen (secondary N) is 2. The molecule has 2 unspecified atom stereocenters. The van der Waals surface area contributed by atoms with Crippen LogP contribution in [0.5, 0.6) is 0 Å². The molecule has 0 bridgehead atoms. The summed E-state index contributed by atoms with van der Waals surface area (Å²) in [5.74, 6) is -7.36. The van der Waals surface area contributed by atoms with Crippen molar-refractivity contribution in [1.29, 1.82) is 0 Å². The lowest BCUT2D eigenvalue weighted by molar-refractivity contribution is -0.140. The van der Waals surface area contributed by atoms with Gasteiger partial charge >= 0.3 is 18.5 Å². The number of rotatable bonds is 8. The Bertz CT molecular complexity index is 1350. The summed E-state index contributed by atoms with van der Waals surface area (Å²) >= 11 is 11.7. The normalized spacial score (nSPS) is 14.3. The van der Waals surface area contributed by atoms with Crippen LogP contribution in [-0.4, -0.2) is 36.8 Å². The first-order valence-electron chi connectivity index (χ1n) is 11.1. The molecule has 0 saturated carbocycles. The first-order valence-corrected chi connectivity index (χ1v) is 11.8. The maximum Gasteiger partial charge on any atom is 0.417 e. The van der Waals surface area contributed by atoms with E-state index in [2.05, 4.69) is 6.58 Å². The number of benzene rings is 2. The van der Waals surface area contributed by atoms with Gasteiger partial charge in [-0.3, -0.25) is 9.59 Å². The molecule has 2 atom stereocenters. The van der Waals surface area contributed by atoms with Gasteiger partial charge in [-0.1, -0.05) is 41.9 Å². The second-order valence-corrected chi connectivity index (χ2v) is 9.22. The Hall–Kier alpha value is -3.26. The third-order valence-electron chi connectivity index (χ3n) is 5.37. The van der Waals surface area contributed by atoms with Crippen LogP contribution in [-0.2, 0) is 11.0 Å². The number of hydrogen-bond acceptors (Lipinski definition) is 2. The molecule has 16 heteroatoms. The predicted octanol–water partition coefficient (Wildman–Crippen LogP) is 8.11. The van der Waals surface area contributed by atoms with Gasteiger partial charge in [0.2, 0.25) is 5.91 Å². The summed E-state index contributed by atoms with van der Waals surface area (Å²) < 4.78 is 135. The van der Waals surface area contributed by atoms with Crippen LogP contribution in [0.2, 0.25) is 10.0 Å². The van der Waals surface area contributed by atoms with Crippen LogP contribution < -0.4 is 10.6 Å². The third-order valence-corrected chi connectivity index (χ3v) is 6.19. The molecule has 2 rings (SSSR count). The van der Waals surface area contributed by atoms with Crippen LogP contribution in [0.3, 0.4) is 0 Å². The van der Waals surface area contributed by atoms with Crippen LogP contribution in [0.4, 0.5) is 43.9 Å². The van der Waals surface area contributed by atoms with E-state index < -0.39 is 76.9 Å². The number of carbonyl (C=O) groups excluding carboxylic acids is 2. The van der Waals surface area contributed by atoms with Gasteiger partial charge < -0.3 is 10.6 Å². The number of carbonyl (C=O) groups is 2. The summed E-state index contributed by atoms with van der Waals surface area (Å²) in [4.78, 5) is 24.2. The zero-order valence-corrected chi connectivity index (χ0v) is 22.0. The number of hydrogen-bond donors (Lipinski definition) is 2. The molecule has 0 aliphatic heterocycles. The van der Waals surface area contributed by atoms with Gasteiger partial charge in [-0.05, 0) is 48.4 Å². The zero-order valence-electron chi connectivity index (χ0n) is 20.5. The maximum absolute atomic E-state index is 15.0. The molecule has 0 aliphatic carbocycles. The lowest BCUT2D eigenvalue weighted by atomic mass is 9.94. The highest BCUT2D eigenvalue weighted by Crippen LogP contribution is 2.42. The van der Waals surface area contributed by atoms with Gasteiger partial charge in [0.1, 0.15) is 24.3 Å². The molecule has 41 heavy (non-hydrogen) atoms. The van der Waals surface area contributed by atoms with Gasteiger partial charge in [0.15, 0.2) is 0 Å². The summed E-state index contributed by atoms with van der Waals surface area (Å²) in [6, 6.07) is 1.11. The fraction of sp³-hybridized carbons (Fsp3) is 0.280. The minimum absolute atomic E-state index is 0.00866. The number of amides is 2. The Kier molecular flexibility index (Phi) is 10.5. The van der Waals surface area contributed by atoms with E-state index in [0.717, 1.165) is 25.1 Å². The van der Waals surface area contributed by atoms with Crippen molar-refractivity contribution < 1.29 is 53.5 Å². The highest BCUT2D eigenvalue weighted by Gasteiger charge is 2.41. The van der Waals surface area contributed by atoms with Crippen molar-refractivity contribution in [3.8, 4) is 0 Å². The van der Waals surface area contributed by atoms with Crippen LogP contribution >= 0.6 is 23.2 Å². The highest BCUT2D eigenvalue weighted by molar-refractivity contribution is 6.43. The Morgan fingerprint density at radius 2 is 1.61 bits per heavy atom. The molecule has 0 aromatic heterocycles. The van der Waals surface area contributed by atoms with Crippen molar-refractivity contribution in [3.05, 3.63) is 80.8 Å². The van der Waals surface area contributed by atoms with Gasteiger partial charge in [-0.25, -0.2) is 4.39 Å². The first kappa shape index (κ1) is 33.9. The molecule has 2 N–H and O–H groups in total. The molecular weight excluding hydrogens is 621 g/mol. The molecule has 0 fully saturated rings. The summed E-state index contributed by atoms with van der Waals surface area (Å²) in [6.45, 7) is 2.51. The third kappa shape index (κ3) is 9.12. The van der Waals surface area contributed by atoms with Crippen LogP contribution in [0.15, 0.2) is 43.0 Å².